The van der Waals surface area contributed by atoms with E-state index in [1.165, 1.54) is 11.6 Å². The second kappa shape index (κ2) is 5.37. The summed E-state index contributed by atoms with van der Waals surface area (Å²) in [6.45, 7) is 0. The van der Waals surface area contributed by atoms with E-state index in [0.29, 0.717) is 5.56 Å². The fourth-order valence-electron chi connectivity index (χ4n) is 2.89. The molecule has 0 spiro atoms. The predicted molar refractivity (Wildman–Crippen MR) is 77.6 cm³/mol. The van der Waals surface area contributed by atoms with Gasteiger partial charge >= 0.3 is 0 Å². The molecule has 0 heterocycles. The highest BCUT2D eigenvalue weighted by molar-refractivity contribution is 6.30. The average Bonchev–Trinajstić information content (AvgIpc) is 2.88. The van der Waals surface area contributed by atoms with E-state index in [9.17, 15) is 9.18 Å². The van der Waals surface area contributed by atoms with Crippen molar-refractivity contribution < 1.29 is 9.18 Å². The Morgan fingerprint density at radius 1 is 1.20 bits per heavy atom. The standard InChI is InChI=1S/C17H14ClFO/c18-15-7-3-5-12(17(15)19)10-16(20)14-9-8-11-4-1-2-6-13(11)14/h1-7,14H,8-10H2. The third kappa shape index (κ3) is 2.36. The zero-order valence-electron chi connectivity index (χ0n) is 10.9. The first kappa shape index (κ1) is 13.3. The molecule has 1 aliphatic rings. The Balaban J connectivity index is 1.83. The molecule has 2 aromatic rings. The number of ketones is 1. The van der Waals surface area contributed by atoms with Gasteiger partial charge in [-0.05, 0) is 35.6 Å². The normalized spacial score (nSPS) is 17.0. The van der Waals surface area contributed by atoms with Crippen molar-refractivity contribution in [2.45, 2.75) is 25.2 Å². The van der Waals surface area contributed by atoms with Crippen molar-refractivity contribution in [3.63, 3.8) is 0 Å². The van der Waals surface area contributed by atoms with Crippen LogP contribution in [-0.2, 0) is 17.6 Å². The minimum Gasteiger partial charge on any atom is -0.299 e. The van der Waals surface area contributed by atoms with Crippen molar-refractivity contribution in [2.24, 2.45) is 0 Å². The molecule has 0 aromatic heterocycles. The maximum absolute atomic E-state index is 13.9. The SMILES string of the molecule is O=C(Cc1cccc(Cl)c1F)C1CCc2ccccc21. The molecule has 2 aromatic carbocycles. The molecule has 0 amide bonds. The largest absolute Gasteiger partial charge is 0.299 e. The van der Waals surface area contributed by atoms with Crippen LogP contribution in [0.4, 0.5) is 4.39 Å². The predicted octanol–water partition coefficient (Wildman–Crippen LogP) is 4.32. The number of halogens is 2. The number of aryl methyl sites for hydroxylation is 1. The molecule has 0 saturated carbocycles. The van der Waals surface area contributed by atoms with Crippen LogP contribution in [0.3, 0.4) is 0 Å². The first-order valence-electron chi connectivity index (χ1n) is 6.70. The number of fused-ring (bicyclic) bond motifs is 1. The molecule has 0 fully saturated rings. The maximum atomic E-state index is 13.9. The number of hydrogen-bond acceptors (Lipinski definition) is 1. The molecule has 0 saturated heterocycles. The van der Waals surface area contributed by atoms with Gasteiger partial charge in [-0.2, -0.15) is 0 Å². The van der Waals surface area contributed by atoms with Gasteiger partial charge in [-0.25, -0.2) is 4.39 Å². The van der Waals surface area contributed by atoms with Crippen LogP contribution < -0.4 is 0 Å². The Bertz CT molecular complexity index is 666. The molecule has 0 N–H and O–H groups in total. The van der Waals surface area contributed by atoms with Gasteiger partial charge in [-0.1, -0.05) is 48.0 Å². The average molecular weight is 289 g/mol. The van der Waals surface area contributed by atoms with Gasteiger partial charge in [-0.3, -0.25) is 4.79 Å². The van der Waals surface area contributed by atoms with Crippen molar-refractivity contribution in [3.8, 4) is 0 Å². The van der Waals surface area contributed by atoms with E-state index in [1.807, 2.05) is 18.2 Å². The van der Waals surface area contributed by atoms with Gasteiger partial charge in [-0.15, -0.1) is 0 Å². The van der Waals surface area contributed by atoms with Crippen molar-refractivity contribution in [1.29, 1.82) is 0 Å². The summed E-state index contributed by atoms with van der Waals surface area (Å²) in [5, 5.41) is 0.0714. The van der Waals surface area contributed by atoms with Crippen molar-refractivity contribution >= 4 is 17.4 Å². The first-order chi connectivity index (χ1) is 9.66. The van der Waals surface area contributed by atoms with Gasteiger partial charge in [0.05, 0.1) is 5.02 Å². The number of benzene rings is 2. The Labute approximate surface area is 122 Å². The molecule has 1 nitrogen and oxygen atoms in total. The number of hydrogen-bond donors (Lipinski definition) is 0. The first-order valence-corrected chi connectivity index (χ1v) is 7.08. The van der Waals surface area contributed by atoms with Crippen LogP contribution in [0.1, 0.15) is 29.0 Å². The van der Waals surface area contributed by atoms with Crippen LogP contribution >= 0.6 is 11.6 Å². The van der Waals surface area contributed by atoms with Crippen molar-refractivity contribution in [3.05, 3.63) is 70.0 Å². The Hall–Kier alpha value is -1.67. The third-order valence-electron chi connectivity index (χ3n) is 3.92. The molecule has 0 bridgehead atoms. The Morgan fingerprint density at radius 2 is 2.00 bits per heavy atom. The monoisotopic (exact) mass is 288 g/mol. The second-order valence-corrected chi connectivity index (χ2v) is 5.55. The van der Waals surface area contributed by atoms with Gasteiger partial charge in [0.25, 0.3) is 0 Å². The van der Waals surface area contributed by atoms with Gasteiger partial charge in [0.1, 0.15) is 11.6 Å². The van der Waals surface area contributed by atoms with Crippen LogP contribution in [-0.4, -0.2) is 5.78 Å². The summed E-state index contributed by atoms with van der Waals surface area (Å²) in [6.07, 6.45) is 1.84. The summed E-state index contributed by atoms with van der Waals surface area (Å²) >= 11 is 5.75. The second-order valence-electron chi connectivity index (χ2n) is 5.15. The minimum absolute atomic E-state index is 0.0658. The van der Waals surface area contributed by atoms with E-state index < -0.39 is 5.82 Å². The van der Waals surface area contributed by atoms with E-state index in [0.717, 1.165) is 18.4 Å². The van der Waals surface area contributed by atoms with E-state index in [4.69, 9.17) is 11.6 Å². The Morgan fingerprint density at radius 3 is 2.85 bits per heavy atom. The lowest BCUT2D eigenvalue weighted by molar-refractivity contribution is -0.119. The molecule has 1 atom stereocenters. The summed E-state index contributed by atoms with van der Waals surface area (Å²) in [5.41, 5.74) is 2.71. The van der Waals surface area contributed by atoms with Crippen LogP contribution in [0.5, 0.6) is 0 Å². The highest BCUT2D eigenvalue weighted by atomic mass is 35.5. The minimum atomic E-state index is -0.478. The van der Waals surface area contributed by atoms with Gasteiger partial charge < -0.3 is 0 Å². The molecular weight excluding hydrogens is 275 g/mol. The quantitative estimate of drug-likeness (QED) is 0.822. The lowest BCUT2D eigenvalue weighted by Crippen LogP contribution is -2.13. The molecular formula is C17H14ClFO. The fourth-order valence-corrected chi connectivity index (χ4v) is 3.08. The molecule has 1 unspecified atom stereocenters. The van der Waals surface area contributed by atoms with Crippen LogP contribution in [0, 0.1) is 5.82 Å². The number of rotatable bonds is 3. The number of carbonyl (C=O) groups is 1. The number of Topliss-reactive ketones (excluding diaryl/α,β-unsaturated/α-hetero) is 1. The van der Waals surface area contributed by atoms with Gasteiger partial charge in [0.15, 0.2) is 0 Å². The van der Waals surface area contributed by atoms with Gasteiger partial charge in [0.2, 0.25) is 0 Å². The van der Waals surface area contributed by atoms with Crippen molar-refractivity contribution in [1.82, 2.24) is 0 Å². The molecule has 102 valence electrons. The zero-order valence-corrected chi connectivity index (χ0v) is 11.7. The molecule has 3 heteroatoms. The fraction of sp³-hybridized carbons (Fsp3) is 0.235. The highest BCUT2D eigenvalue weighted by Crippen LogP contribution is 2.34. The molecule has 3 rings (SSSR count). The lowest BCUT2D eigenvalue weighted by Gasteiger charge is -2.11. The van der Waals surface area contributed by atoms with E-state index in [-0.39, 0.29) is 23.1 Å². The van der Waals surface area contributed by atoms with E-state index in [1.54, 1.807) is 12.1 Å². The smallest absolute Gasteiger partial charge is 0.145 e. The summed E-state index contributed by atoms with van der Waals surface area (Å²) in [6, 6.07) is 12.8. The highest BCUT2D eigenvalue weighted by Gasteiger charge is 2.28. The topological polar surface area (TPSA) is 17.1 Å². The molecule has 0 radical (unpaired) electrons. The van der Waals surface area contributed by atoms with E-state index in [2.05, 4.69) is 6.07 Å². The van der Waals surface area contributed by atoms with Crippen LogP contribution in [0.15, 0.2) is 42.5 Å². The molecule has 1 aliphatic carbocycles. The Kier molecular flexibility index (Phi) is 3.58. The molecule has 20 heavy (non-hydrogen) atoms. The van der Waals surface area contributed by atoms with Gasteiger partial charge in [0, 0.05) is 12.3 Å². The third-order valence-corrected chi connectivity index (χ3v) is 4.21. The molecule has 0 aliphatic heterocycles. The van der Waals surface area contributed by atoms with Crippen LogP contribution in [0.25, 0.3) is 0 Å². The lowest BCUT2D eigenvalue weighted by atomic mass is 9.92. The zero-order chi connectivity index (χ0) is 14.1. The summed E-state index contributed by atoms with van der Waals surface area (Å²) in [4.78, 5) is 12.4. The number of carbonyl (C=O) groups excluding carboxylic acids is 1. The maximum Gasteiger partial charge on any atom is 0.145 e. The van der Waals surface area contributed by atoms with E-state index >= 15 is 0 Å². The van der Waals surface area contributed by atoms with Crippen molar-refractivity contribution in [2.75, 3.05) is 0 Å². The summed E-state index contributed by atoms with van der Waals surface area (Å²) in [5.74, 6) is -0.519. The summed E-state index contributed by atoms with van der Waals surface area (Å²) < 4.78 is 13.9. The van der Waals surface area contributed by atoms with Crippen LogP contribution in [0.2, 0.25) is 5.02 Å². The summed E-state index contributed by atoms with van der Waals surface area (Å²) in [7, 11) is 0.